The van der Waals surface area contributed by atoms with Crippen LogP contribution in [-0.2, 0) is 30.6 Å². The van der Waals surface area contributed by atoms with Crippen molar-refractivity contribution in [1.82, 2.24) is 20.3 Å². The Morgan fingerprint density at radius 2 is 2.14 bits per heavy atom. The number of carbonyl (C=O) groups is 1. The van der Waals surface area contributed by atoms with Gasteiger partial charge >= 0.3 is 0 Å². The van der Waals surface area contributed by atoms with Crippen LogP contribution < -0.4 is 10.2 Å². The Labute approximate surface area is 174 Å². The van der Waals surface area contributed by atoms with Crippen molar-refractivity contribution >= 4 is 33.3 Å². The van der Waals surface area contributed by atoms with Crippen LogP contribution in [0.3, 0.4) is 0 Å². The molecule has 0 saturated heterocycles. The SMILES string of the molecule is CN(c1nc(CC(=O)NCc2cccnc2)nc2sc3c(c12)CCCC3)C1CC1. The lowest BCUT2D eigenvalue weighted by atomic mass is 9.97. The highest BCUT2D eigenvalue weighted by Gasteiger charge is 2.31. The van der Waals surface area contributed by atoms with Gasteiger partial charge in [-0.2, -0.15) is 0 Å². The number of amides is 1. The molecule has 2 aliphatic carbocycles. The zero-order valence-corrected chi connectivity index (χ0v) is 17.5. The van der Waals surface area contributed by atoms with E-state index in [1.165, 1.54) is 41.5 Å². The van der Waals surface area contributed by atoms with Crippen LogP contribution in [0.2, 0.25) is 0 Å². The van der Waals surface area contributed by atoms with Crippen molar-refractivity contribution < 1.29 is 4.79 Å². The minimum atomic E-state index is -0.0606. The van der Waals surface area contributed by atoms with Crippen LogP contribution >= 0.6 is 11.3 Å². The van der Waals surface area contributed by atoms with Crippen molar-refractivity contribution in [1.29, 1.82) is 0 Å². The quantitative estimate of drug-likeness (QED) is 0.678. The van der Waals surface area contributed by atoms with E-state index in [1.807, 2.05) is 12.1 Å². The van der Waals surface area contributed by atoms with E-state index in [2.05, 4.69) is 22.2 Å². The van der Waals surface area contributed by atoms with Gasteiger partial charge in [-0.15, -0.1) is 11.3 Å². The Hall–Kier alpha value is -2.54. The summed E-state index contributed by atoms with van der Waals surface area (Å²) in [6.07, 6.45) is 10.9. The number of carbonyl (C=O) groups excluding carboxylic acids is 1. The average molecular weight is 408 g/mol. The molecule has 150 valence electrons. The summed E-state index contributed by atoms with van der Waals surface area (Å²) >= 11 is 1.80. The first-order valence-corrected chi connectivity index (χ1v) is 11.2. The Morgan fingerprint density at radius 3 is 2.93 bits per heavy atom. The van der Waals surface area contributed by atoms with Gasteiger partial charge in [0.2, 0.25) is 5.91 Å². The lowest BCUT2D eigenvalue weighted by Gasteiger charge is -2.20. The van der Waals surface area contributed by atoms with E-state index in [4.69, 9.17) is 9.97 Å². The topological polar surface area (TPSA) is 71.0 Å². The molecule has 3 aromatic rings. The molecule has 6 nitrogen and oxygen atoms in total. The fraction of sp³-hybridized carbons (Fsp3) is 0.455. The summed E-state index contributed by atoms with van der Waals surface area (Å²) in [5, 5.41) is 4.19. The maximum absolute atomic E-state index is 12.5. The second kappa shape index (κ2) is 7.71. The molecule has 7 heteroatoms. The molecule has 1 fully saturated rings. The predicted octanol–water partition coefficient (Wildman–Crippen LogP) is 3.42. The number of nitrogens with one attached hydrogen (secondary N) is 1. The third kappa shape index (κ3) is 3.83. The van der Waals surface area contributed by atoms with Crippen LogP contribution in [-0.4, -0.2) is 33.9 Å². The van der Waals surface area contributed by atoms with Crippen molar-refractivity contribution in [2.45, 2.75) is 57.5 Å². The van der Waals surface area contributed by atoms with E-state index >= 15 is 0 Å². The first kappa shape index (κ1) is 18.5. The number of nitrogens with zero attached hydrogens (tertiary/aromatic N) is 4. The second-order valence-corrected chi connectivity index (χ2v) is 9.09. The zero-order valence-electron chi connectivity index (χ0n) is 16.6. The fourth-order valence-electron chi connectivity index (χ4n) is 4.06. The molecule has 1 saturated carbocycles. The Balaban J connectivity index is 1.42. The Bertz CT molecular complexity index is 1040. The van der Waals surface area contributed by atoms with Gasteiger partial charge in [-0.05, 0) is 55.7 Å². The van der Waals surface area contributed by atoms with Gasteiger partial charge in [0.15, 0.2) is 0 Å². The van der Waals surface area contributed by atoms with Crippen LogP contribution in [0.5, 0.6) is 0 Å². The van der Waals surface area contributed by atoms with Crippen LogP contribution in [0, 0.1) is 0 Å². The number of aryl methyl sites for hydroxylation is 2. The van der Waals surface area contributed by atoms with E-state index in [0.29, 0.717) is 18.4 Å². The molecule has 0 bridgehead atoms. The molecule has 3 heterocycles. The molecule has 0 radical (unpaired) electrons. The summed E-state index contributed by atoms with van der Waals surface area (Å²) in [4.78, 5) is 31.1. The largest absolute Gasteiger partial charge is 0.356 e. The molecule has 1 amide bonds. The summed E-state index contributed by atoms with van der Waals surface area (Å²) in [5.41, 5.74) is 2.43. The first-order chi connectivity index (χ1) is 14.2. The monoisotopic (exact) mass is 407 g/mol. The van der Waals surface area contributed by atoms with Crippen LogP contribution in [0.1, 0.15) is 47.5 Å². The molecular weight excluding hydrogens is 382 g/mol. The summed E-state index contributed by atoms with van der Waals surface area (Å²) < 4.78 is 0. The fourth-order valence-corrected chi connectivity index (χ4v) is 5.33. The minimum absolute atomic E-state index is 0.0606. The highest BCUT2D eigenvalue weighted by atomic mass is 32.1. The molecule has 0 aliphatic heterocycles. The van der Waals surface area contributed by atoms with Gasteiger partial charge in [0.1, 0.15) is 16.5 Å². The maximum atomic E-state index is 12.5. The van der Waals surface area contributed by atoms with Crippen LogP contribution in [0.4, 0.5) is 5.82 Å². The number of anilines is 1. The van der Waals surface area contributed by atoms with Crippen molar-refractivity contribution in [2.24, 2.45) is 0 Å². The highest BCUT2D eigenvalue weighted by molar-refractivity contribution is 7.19. The van der Waals surface area contributed by atoms with E-state index in [0.717, 1.165) is 29.1 Å². The molecular formula is C22H25N5OS. The molecule has 0 atom stereocenters. The third-order valence-electron chi connectivity index (χ3n) is 5.80. The van der Waals surface area contributed by atoms with Gasteiger partial charge in [0, 0.05) is 36.9 Å². The summed E-state index contributed by atoms with van der Waals surface area (Å²) in [5.74, 6) is 1.57. The maximum Gasteiger partial charge on any atom is 0.227 e. The number of aromatic nitrogens is 3. The van der Waals surface area contributed by atoms with E-state index in [1.54, 1.807) is 23.7 Å². The summed E-state index contributed by atoms with van der Waals surface area (Å²) in [6.45, 7) is 0.469. The lowest BCUT2D eigenvalue weighted by molar-refractivity contribution is -0.120. The van der Waals surface area contributed by atoms with Gasteiger partial charge in [-0.1, -0.05) is 6.07 Å². The van der Waals surface area contributed by atoms with Gasteiger partial charge in [-0.25, -0.2) is 9.97 Å². The normalized spacial score (nSPS) is 15.9. The lowest BCUT2D eigenvalue weighted by Crippen LogP contribution is -2.26. The third-order valence-corrected chi connectivity index (χ3v) is 6.99. The number of rotatable bonds is 6. The summed E-state index contributed by atoms with van der Waals surface area (Å²) in [7, 11) is 2.14. The number of fused-ring (bicyclic) bond motifs is 3. The van der Waals surface area contributed by atoms with Gasteiger partial charge in [-0.3, -0.25) is 9.78 Å². The number of hydrogen-bond acceptors (Lipinski definition) is 6. The number of hydrogen-bond donors (Lipinski definition) is 1. The predicted molar refractivity (Wildman–Crippen MR) is 115 cm³/mol. The van der Waals surface area contributed by atoms with Gasteiger partial charge in [0.05, 0.1) is 11.8 Å². The molecule has 0 spiro atoms. The number of pyridine rings is 1. The summed E-state index contributed by atoms with van der Waals surface area (Å²) in [6, 6.07) is 4.39. The Morgan fingerprint density at radius 1 is 1.28 bits per heavy atom. The Kier molecular flexibility index (Phi) is 4.91. The molecule has 0 aromatic carbocycles. The smallest absolute Gasteiger partial charge is 0.227 e. The molecule has 3 aromatic heterocycles. The van der Waals surface area contributed by atoms with Crippen molar-refractivity contribution in [3.8, 4) is 0 Å². The van der Waals surface area contributed by atoms with Crippen LogP contribution in [0.15, 0.2) is 24.5 Å². The minimum Gasteiger partial charge on any atom is -0.356 e. The van der Waals surface area contributed by atoms with Crippen molar-refractivity contribution in [3.05, 3.63) is 46.4 Å². The van der Waals surface area contributed by atoms with Crippen LogP contribution in [0.25, 0.3) is 10.2 Å². The number of thiophene rings is 1. The zero-order chi connectivity index (χ0) is 19.8. The van der Waals surface area contributed by atoms with E-state index in [9.17, 15) is 4.79 Å². The van der Waals surface area contributed by atoms with Gasteiger partial charge < -0.3 is 10.2 Å². The molecule has 29 heavy (non-hydrogen) atoms. The molecule has 2 aliphatic rings. The standard InChI is InChI=1S/C22H25N5OS/c1-27(15-8-9-15)21-20-16-6-2-3-7-17(16)29-22(20)26-18(25-21)11-19(28)24-13-14-5-4-10-23-12-14/h4-5,10,12,15H,2-3,6-9,11,13H2,1H3,(H,24,28). The van der Waals surface area contributed by atoms with E-state index < -0.39 is 0 Å². The van der Waals surface area contributed by atoms with Gasteiger partial charge in [0.25, 0.3) is 0 Å². The van der Waals surface area contributed by atoms with Crippen molar-refractivity contribution in [2.75, 3.05) is 11.9 Å². The molecule has 5 rings (SSSR count). The average Bonchev–Trinajstić information content (AvgIpc) is 3.52. The van der Waals surface area contributed by atoms with E-state index in [-0.39, 0.29) is 12.3 Å². The molecule has 0 unspecified atom stereocenters. The molecule has 1 N–H and O–H groups in total. The van der Waals surface area contributed by atoms with Crippen molar-refractivity contribution in [3.63, 3.8) is 0 Å². The first-order valence-electron chi connectivity index (χ1n) is 10.4. The second-order valence-electron chi connectivity index (χ2n) is 8.01. The highest BCUT2D eigenvalue weighted by Crippen LogP contribution is 2.41.